The van der Waals surface area contributed by atoms with Crippen molar-refractivity contribution < 1.29 is 4.79 Å². The molecule has 3 N–H and O–H groups in total. The maximum absolute atomic E-state index is 11.9. The molecule has 0 bridgehead atoms. The first-order chi connectivity index (χ1) is 7.58. The molecule has 0 aliphatic heterocycles. The van der Waals surface area contributed by atoms with Crippen molar-refractivity contribution in [1.82, 2.24) is 5.32 Å². The average molecular weight is 244 g/mol. The molecule has 16 heavy (non-hydrogen) atoms. The summed E-state index contributed by atoms with van der Waals surface area (Å²) in [5.74, 6) is 0.0560. The van der Waals surface area contributed by atoms with Crippen LogP contribution in [0.4, 0.5) is 0 Å². The van der Waals surface area contributed by atoms with Gasteiger partial charge in [0.2, 0.25) is 5.91 Å². The number of nitrogens with two attached hydrogens (primary N) is 1. The standard InChI is InChI=1S/C12H24N2OS/c1-10(16-2)6-9-14-11(15)12(13)7-4-3-5-8-12/h10H,3-9,13H2,1-2H3,(H,14,15). The third kappa shape index (κ3) is 3.98. The Bertz CT molecular complexity index is 227. The van der Waals surface area contributed by atoms with E-state index in [0.29, 0.717) is 5.25 Å². The Labute approximate surface area is 103 Å². The summed E-state index contributed by atoms with van der Waals surface area (Å²) in [6.45, 7) is 2.93. The Morgan fingerprint density at radius 3 is 2.62 bits per heavy atom. The largest absolute Gasteiger partial charge is 0.354 e. The van der Waals surface area contributed by atoms with Gasteiger partial charge in [-0.15, -0.1) is 0 Å². The molecule has 1 unspecified atom stereocenters. The molecule has 1 rings (SSSR count). The predicted molar refractivity (Wildman–Crippen MR) is 70.6 cm³/mol. The minimum atomic E-state index is -0.582. The normalized spacial score (nSPS) is 21.4. The second-order valence-electron chi connectivity index (χ2n) is 4.81. The minimum Gasteiger partial charge on any atom is -0.354 e. The van der Waals surface area contributed by atoms with Crippen LogP contribution in [0.5, 0.6) is 0 Å². The minimum absolute atomic E-state index is 0.0560. The molecule has 1 aliphatic rings. The zero-order valence-electron chi connectivity index (χ0n) is 10.4. The Morgan fingerprint density at radius 1 is 1.44 bits per heavy atom. The number of nitrogens with one attached hydrogen (secondary N) is 1. The van der Waals surface area contributed by atoms with Crippen LogP contribution in [-0.2, 0) is 4.79 Å². The van der Waals surface area contributed by atoms with Gasteiger partial charge >= 0.3 is 0 Å². The molecule has 0 aromatic heterocycles. The van der Waals surface area contributed by atoms with E-state index in [1.807, 2.05) is 11.8 Å². The fourth-order valence-electron chi connectivity index (χ4n) is 2.09. The van der Waals surface area contributed by atoms with E-state index in [0.717, 1.165) is 38.6 Å². The summed E-state index contributed by atoms with van der Waals surface area (Å²) in [7, 11) is 0. The molecular weight excluding hydrogens is 220 g/mol. The molecule has 1 amide bonds. The Kier molecular flexibility index (Phi) is 5.62. The van der Waals surface area contributed by atoms with E-state index in [1.165, 1.54) is 6.42 Å². The lowest BCUT2D eigenvalue weighted by Gasteiger charge is -2.31. The van der Waals surface area contributed by atoms with E-state index in [1.54, 1.807) is 0 Å². The van der Waals surface area contributed by atoms with Crippen molar-refractivity contribution in [2.45, 2.75) is 56.2 Å². The molecule has 0 aromatic rings. The maximum atomic E-state index is 11.9. The van der Waals surface area contributed by atoms with Gasteiger partial charge in [-0.25, -0.2) is 0 Å². The van der Waals surface area contributed by atoms with Gasteiger partial charge in [-0.2, -0.15) is 11.8 Å². The SMILES string of the molecule is CSC(C)CCNC(=O)C1(N)CCCCC1. The van der Waals surface area contributed by atoms with E-state index >= 15 is 0 Å². The summed E-state index contributed by atoms with van der Waals surface area (Å²) >= 11 is 1.83. The predicted octanol–water partition coefficient (Wildman–Crippen LogP) is 1.91. The van der Waals surface area contributed by atoms with Crippen molar-refractivity contribution in [3.63, 3.8) is 0 Å². The number of carbonyl (C=O) groups is 1. The molecule has 94 valence electrons. The Hall–Kier alpha value is -0.220. The van der Waals surface area contributed by atoms with Crippen molar-refractivity contribution in [3.05, 3.63) is 0 Å². The summed E-state index contributed by atoms with van der Waals surface area (Å²) in [5, 5.41) is 3.58. The van der Waals surface area contributed by atoms with Gasteiger partial charge in [0.25, 0.3) is 0 Å². The van der Waals surface area contributed by atoms with Crippen LogP contribution in [0.2, 0.25) is 0 Å². The second-order valence-corrected chi connectivity index (χ2v) is 6.08. The fourth-order valence-corrected chi connectivity index (χ4v) is 2.45. The molecular formula is C12H24N2OS. The summed E-state index contributed by atoms with van der Waals surface area (Å²) in [4.78, 5) is 11.9. The highest BCUT2D eigenvalue weighted by atomic mass is 32.2. The van der Waals surface area contributed by atoms with Gasteiger partial charge in [0, 0.05) is 11.8 Å². The molecule has 0 radical (unpaired) electrons. The lowest BCUT2D eigenvalue weighted by molar-refractivity contribution is -0.127. The van der Waals surface area contributed by atoms with E-state index in [2.05, 4.69) is 18.5 Å². The number of amides is 1. The lowest BCUT2D eigenvalue weighted by atomic mass is 9.82. The van der Waals surface area contributed by atoms with Crippen molar-refractivity contribution in [3.8, 4) is 0 Å². The number of rotatable bonds is 5. The molecule has 0 spiro atoms. The number of carbonyl (C=O) groups excluding carboxylic acids is 1. The van der Waals surface area contributed by atoms with Crippen LogP contribution < -0.4 is 11.1 Å². The van der Waals surface area contributed by atoms with Crippen LogP contribution in [-0.4, -0.2) is 29.5 Å². The third-order valence-electron chi connectivity index (χ3n) is 3.44. The van der Waals surface area contributed by atoms with E-state index in [9.17, 15) is 4.79 Å². The second kappa shape index (κ2) is 6.50. The maximum Gasteiger partial charge on any atom is 0.240 e. The summed E-state index contributed by atoms with van der Waals surface area (Å²) < 4.78 is 0. The highest BCUT2D eigenvalue weighted by Crippen LogP contribution is 2.25. The van der Waals surface area contributed by atoms with E-state index in [4.69, 9.17) is 5.73 Å². The quantitative estimate of drug-likeness (QED) is 0.776. The number of hydrogen-bond acceptors (Lipinski definition) is 3. The number of hydrogen-bond donors (Lipinski definition) is 2. The van der Waals surface area contributed by atoms with Crippen LogP contribution in [0, 0.1) is 0 Å². The molecule has 0 saturated heterocycles. The van der Waals surface area contributed by atoms with Gasteiger partial charge in [-0.3, -0.25) is 4.79 Å². The first kappa shape index (κ1) is 13.8. The Morgan fingerprint density at radius 2 is 2.06 bits per heavy atom. The molecule has 1 saturated carbocycles. The van der Waals surface area contributed by atoms with Crippen LogP contribution in [0.25, 0.3) is 0 Å². The summed E-state index contributed by atoms with van der Waals surface area (Å²) in [6.07, 6.45) is 8.20. The van der Waals surface area contributed by atoms with Gasteiger partial charge in [0.05, 0.1) is 5.54 Å². The molecule has 0 aromatic carbocycles. The van der Waals surface area contributed by atoms with Crippen LogP contribution >= 0.6 is 11.8 Å². The van der Waals surface area contributed by atoms with Crippen LogP contribution in [0.15, 0.2) is 0 Å². The van der Waals surface area contributed by atoms with Crippen molar-refractivity contribution in [2.75, 3.05) is 12.8 Å². The highest BCUT2D eigenvalue weighted by Gasteiger charge is 2.34. The van der Waals surface area contributed by atoms with Gasteiger partial charge in [0.1, 0.15) is 0 Å². The first-order valence-electron chi connectivity index (χ1n) is 6.18. The van der Waals surface area contributed by atoms with Gasteiger partial charge in [-0.05, 0) is 25.5 Å². The van der Waals surface area contributed by atoms with Gasteiger partial charge in [-0.1, -0.05) is 26.2 Å². The topological polar surface area (TPSA) is 55.1 Å². The monoisotopic (exact) mass is 244 g/mol. The molecule has 1 fully saturated rings. The molecule has 3 nitrogen and oxygen atoms in total. The average Bonchev–Trinajstić information content (AvgIpc) is 2.29. The molecule has 1 aliphatic carbocycles. The van der Waals surface area contributed by atoms with Crippen LogP contribution in [0.3, 0.4) is 0 Å². The zero-order chi connectivity index (χ0) is 12.0. The van der Waals surface area contributed by atoms with Gasteiger partial charge < -0.3 is 11.1 Å². The third-order valence-corrected chi connectivity index (χ3v) is 4.48. The smallest absolute Gasteiger partial charge is 0.240 e. The highest BCUT2D eigenvalue weighted by molar-refractivity contribution is 7.99. The van der Waals surface area contributed by atoms with Crippen molar-refractivity contribution in [1.29, 1.82) is 0 Å². The zero-order valence-corrected chi connectivity index (χ0v) is 11.2. The Balaban J connectivity index is 2.28. The van der Waals surface area contributed by atoms with Crippen LogP contribution in [0.1, 0.15) is 45.4 Å². The van der Waals surface area contributed by atoms with Gasteiger partial charge in [0.15, 0.2) is 0 Å². The molecule has 4 heteroatoms. The number of thioether (sulfide) groups is 1. The van der Waals surface area contributed by atoms with Crippen molar-refractivity contribution >= 4 is 17.7 Å². The fraction of sp³-hybridized carbons (Fsp3) is 0.917. The summed E-state index contributed by atoms with van der Waals surface area (Å²) in [5.41, 5.74) is 5.55. The van der Waals surface area contributed by atoms with E-state index < -0.39 is 5.54 Å². The van der Waals surface area contributed by atoms with E-state index in [-0.39, 0.29) is 5.91 Å². The lowest BCUT2D eigenvalue weighted by Crippen LogP contribution is -2.55. The summed E-state index contributed by atoms with van der Waals surface area (Å²) in [6, 6.07) is 0. The molecule has 1 atom stereocenters. The molecule has 0 heterocycles. The van der Waals surface area contributed by atoms with Crippen molar-refractivity contribution in [2.24, 2.45) is 5.73 Å². The first-order valence-corrected chi connectivity index (χ1v) is 7.47.